The van der Waals surface area contributed by atoms with Gasteiger partial charge >= 0.3 is 12.0 Å². The lowest BCUT2D eigenvalue weighted by Gasteiger charge is -2.52. The van der Waals surface area contributed by atoms with Crippen molar-refractivity contribution in [3.8, 4) is 0 Å². The molecule has 1 aromatic heterocycles. The van der Waals surface area contributed by atoms with Crippen molar-refractivity contribution in [2.75, 3.05) is 19.6 Å². The van der Waals surface area contributed by atoms with Gasteiger partial charge < -0.3 is 20.2 Å². The zero-order valence-electron chi connectivity index (χ0n) is 18.6. The summed E-state index contributed by atoms with van der Waals surface area (Å²) in [5, 5.41) is 15.4. The van der Waals surface area contributed by atoms with Crippen LogP contribution in [0.3, 0.4) is 0 Å². The number of nitrogens with one attached hydrogen (secondary N) is 2. The van der Waals surface area contributed by atoms with E-state index >= 15 is 0 Å². The van der Waals surface area contributed by atoms with Crippen LogP contribution in [-0.2, 0) is 27.3 Å². The number of fused-ring (bicyclic) bond motifs is 1. The van der Waals surface area contributed by atoms with Crippen LogP contribution in [0.25, 0.3) is 0 Å². The number of carboxylic acids is 1. The summed E-state index contributed by atoms with van der Waals surface area (Å²) in [4.78, 5) is 54.5. The summed E-state index contributed by atoms with van der Waals surface area (Å²) >= 11 is 1.59. The fourth-order valence-corrected chi connectivity index (χ4v) is 5.00. The second-order valence-electron chi connectivity index (χ2n) is 8.19. The van der Waals surface area contributed by atoms with Gasteiger partial charge in [0.25, 0.3) is 0 Å². The van der Waals surface area contributed by atoms with Crippen LogP contribution < -0.4 is 10.7 Å². The molecule has 10 nitrogen and oxygen atoms in total. The van der Waals surface area contributed by atoms with E-state index in [9.17, 15) is 24.3 Å². The van der Waals surface area contributed by atoms with Crippen LogP contribution in [-0.4, -0.2) is 75.6 Å². The van der Waals surface area contributed by atoms with Gasteiger partial charge in [0.1, 0.15) is 12.2 Å². The highest BCUT2D eigenvalue weighted by Gasteiger charge is 2.48. The van der Waals surface area contributed by atoms with E-state index in [-0.39, 0.29) is 37.7 Å². The van der Waals surface area contributed by atoms with Gasteiger partial charge in [0.2, 0.25) is 11.8 Å². The molecule has 2 fully saturated rings. The van der Waals surface area contributed by atoms with Crippen LogP contribution in [0.15, 0.2) is 47.8 Å². The predicted molar refractivity (Wildman–Crippen MR) is 124 cm³/mol. The number of hydrogen-bond donors (Lipinski definition) is 3. The lowest BCUT2D eigenvalue weighted by Crippen LogP contribution is -2.76. The Labute approximate surface area is 201 Å². The Morgan fingerprint density at radius 1 is 1.15 bits per heavy atom. The minimum Gasteiger partial charge on any atom is -0.481 e. The Hall–Kier alpha value is -3.44. The molecule has 0 saturated carbocycles. The molecule has 4 amide bonds. The number of hydrazine groups is 1. The maximum atomic E-state index is 13.3. The molecule has 0 spiro atoms. The molecule has 180 valence electrons. The van der Waals surface area contributed by atoms with Crippen LogP contribution in [0.4, 0.5) is 4.79 Å². The number of benzene rings is 1. The van der Waals surface area contributed by atoms with Crippen molar-refractivity contribution >= 4 is 35.2 Å². The van der Waals surface area contributed by atoms with Gasteiger partial charge in [-0.1, -0.05) is 36.4 Å². The van der Waals surface area contributed by atoms with E-state index in [1.807, 2.05) is 47.8 Å². The van der Waals surface area contributed by atoms with Crippen LogP contribution in [0.5, 0.6) is 0 Å². The molecular formula is C23H27N5O5S. The second-order valence-corrected chi connectivity index (χ2v) is 9.22. The Kier molecular flexibility index (Phi) is 7.43. The molecule has 0 radical (unpaired) electrons. The molecule has 2 atom stereocenters. The number of nitrogens with zero attached hydrogens (tertiary/aromatic N) is 3. The Morgan fingerprint density at radius 2 is 1.94 bits per heavy atom. The fraction of sp³-hybridized carbons (Fsp3) is 0.391. The molecular weight excluding hydrogens is 458 g/mol. The number of rotatable bonds is 8. The van der Waals surface area contributed by atoms with Crippen LogP contribution in [0.1, 0.15) is 23.3 Å². The summed E-state index contributed by atoms with van der Waals surface area (Å²) in [5.74, 6) is -1.66. The topological polar surface area (TPSA) is 122 Å². The molecule has 2 saturated heterocycles. The van der Waals surface area contributed by atoms with Gasteiger partial charge in [0, 0.05) is 24.4 Å². The van der Waals surface area contributed by atoms with Crippen molar-refractivity contribution in [3.63, 3.8) is 0 Å². The number of urea groups is 1. The average molecular weight is 486 g/mol. The Balaban J connectivity index is 1.53. The third kappa shape index (κ3) is 5.37. The summed E-state index contributed by atoms with van der Waals surface area (Å²) in [6.45, 7) is 0.718. The zero-order chi connectivity index (χ0) is 24.1. The molecule has 4 rings (SSSR count). The van der Waals surface area contributed by atoms with E-state index in [0.29, 0.717) is 19.5 Å². The molecule has 3 N–H and O–H groups in total. The van der Waals surface area contributed by atoms with Crippen molar-refractivity contribution in [1.82, 2.24) is 25.6 Å². The lowest BCUT2D eigenvalue weighted by atomic mass is 10.0. The van der Waals surface area contributed by atoms with Gasteiger partial charge in [-0.25, -0.2) is 15.2 Å². The maximum Gasteiger partial charge on any atom is 0.334 e. The summed E-state index contributed by atoms with van der Waals surface area (Å²) in [5.41, 5.74) is 3.80. The summed E-state index contributed by atoms with van der Waals surface area (Å²) in [6.07, 6.45) is -0.356. The minimum absolute atomic E-state index is 0.00855. The number of thiophene rings is 1. The molecule has 34 heavy (non-hydrogen) atoms. The molecule has 2 aromatic rings. The number of carboxylic acid groups (broad SMARTS) is 1. The standard InChI is InChI=1S/C23H27N5O5S/c29-20-14-25-28(23(33)24-13-16-5-2-1-3-6-16)19-15-26(11-10-17-7-4-12-34-17)22(32)18(27(19)20)8-9-21(30)31/h1-7,12,18-19,25H,8-11,13-15H2,(H,24,33)(H,30,31)/t18-,19-/m0/s1. The Morgan fingerprint density at radius 3 is 2.65 bits per heavy atom. The minimum atomic E-state index is -1.04. The van der Waals surface area contributed by atoms with E-state index < -0.39 is 24.2 Å². The highest BCUT2D eigenvalue weighted by molar-refractivity contribution is 7.09. The highest BCUT2D eigenvalue weighted by Crippen LogP contribution is 2.26. The van der Waals surface area contributed by atoms with E-state index in [0.717, 1.165) is 10.4 Å². The van der Waals surface area contributed by atoms with Crippen LogP contribution >= 0.6 is 11.3 Å². The smallest absolute Gasteiger partial charge is 0.334 e. The normalized spacial score (nSPS) is 20.3. The molecule has 2 aliphatic rings. The number of carbonyl (C=O) groups excluding carboxylic acids is 3. The third-order valence-corrected chi connectivity index (χ3v) is 6.91. The van der Waals surface area contributed by atoms with E-state index in [2.05, 4.69) is 10.7 Å². The SMILES string of the molecule is O=C(O)CC[C@H]1C(=O)N(CCc2cccs2)C[C@@H]2N(C(=O)NCc3ccccc3)NCC(=O)N21. The molecule has 3 heterocycles. The largest absolute Gasteiger partial charge is 0.481 e. The van der Waals surface area contributed by atoms with Crippen molar-refractivity contribution in [1.29, 1.82) is 0 Å². The molecule has 11 heteroatoms. The molecule has 2 aliphatic heterocycles. The fourth-order valence-electron chi connectivity index (χ4n) is 4.30. The second kappa shape index (κ2) is 10.7. The summed E-state index contributed by atoms with van der Waals surface area (Å²) < 4.78 is 0. The first kappa shape index (κ1) is 23.7. The quantitative estimate of drug-likeness (QED) is 0.517. The van der Waals surface area contributed by atoms with Crippen molar-refractivity contribution in [3.05, 3.63) is 58.3 Å². The van der Waals surface area contributed by atoms with Crippen molar-refractivity contribution in [2.24, 2.45) is 0 Å². The summed E-state index contributed by atoms with van der Waals surface area (Å²) in [7, 11) is 0. The van der Waals surface area contributed by atoms with Gasteiger partial charge in [0.15, 0.2) is 0 Å². The third-order valence-electron chi connectivity index (χ3n) is 5.97. The average Bonchev–Trinajstić information content (AvgIpc) is 3.35. The van der Waals surface area contributed by atoms with Gasteiger partial charge in [-0.3, -0.25) is 14.4 Å². The number of piperazine rings is 1. The van der Waals surface area contributed by atoms with Crippen molar-refractivity contribution in [2.45, 2.75) is 38.0 Å². The number of aliphatic carboxylic acids is 1. The Bertz CT molecular complexity index is 1030. The van der Waals surface area contributed by atoms with E-state index in [1.165, 1.54) is 9.91 Å². The molecule has 0 bridgehead atoms. The summed E-state index contributed by atoms with van der Waals surface area (Å²) in [6, 6.07) is 12.0. The predicted octanol–water partition coefficient (Wildman–Crippen LogP) is 1.25. The van der Waals surface area contributed by atoms with Crippen LogP contribution in [0, 0.1) is 0 Å². The van der Waals surface area contributed by atoms with Crippen LogP contribution in [0.2, 0.25) is 0 Å². The number of carbonyl (C=O) groups is 4. The van der Waals surface area contributed by atoms with Gasteiger partial charge in [-0.05, 0) is 29.9 Å². The first-order valence-corrected chi connectivity index (χ1v) is 12.0. The van der Waals surface area contributed by atoms with Crippen molar-refractivity contribution < 1.29 is 24.3 Å². The lowest BCUT2D eigenvalue weighted by molar-refractivity contribution is -0.170. The van der Waals surface area contributed by atoms with E-state index in [1.54, 1.807) is 16.2 Å². The zero-order valence-corrected chi connectivity index (χ0v) is 19.4. The highest BCUT2D eigenvalue weighted by atomic mass is 32.1. The van der Waals surface area contributed by atoms with Gasteiger partial charge in [0.05, 0.1) is 13.1 Å². The molecule has 1 aromatic carbocycles. The molecule has 0 aliphatic carbocycles. The first-order valence-electron chi connectivity index (χ1n) is 11.1. The molecule has 0 unspecified atom stereocenters. The van der Waals surface area contributed by atoms with E-state index in [4.69, 9.17) is 0 Å². The van der Waals surface area contributed by atoms with Gasteiger partial charge in [-0.15, -0.1) is 11.3 Å². The first-order chi connectivity index (χ1) is 16.4. The number of amides is 4. The monoisotopic (exact) mass is 485 g/mol. The maximum absolute atomic E-state index is 13.3. The number of hydrogen-bond acceptors (Lipinski definition) is 6. The van der Waals surface area contributed by atoms with Gasteiger partial charge in [-0.2, -0.15) is 0 Å².